The lowest BCUT2D eigenvalue weighted by Crippen LogP contribution is -2.20. The van der Waals surface area contributed by atoms with E-state index in [0.717, 1.165) is 25.1 Å². The zero-order valence-corrected chi connectivity index (χ0v) is 12.9. The number of hydrogen-bond donors (Lipinski definition) is 1. The van der Waals surface area contributed by atoms with Crippen molar-refractivity contribution in [3.05, 3.63) is 29.6 Å². The van der Waals surface area contributed by atoms with Crippen molar-refractivity contribution in [3.63, 3.8) is 0 Å². The minimum absolute atomic E-state index is 0.291. The van der Waals surface area contributed by atoms with Crippen LogP contribution >= 0.6 is 0 Å². The lowest BCUT2D eigenvalue weighted by Gasteiger charge is -2.21. The Hall–Kier alpha value is -1.13. The molecule has 0 aromatic heterocycles. The molecular formula is C17H26FNO2. The molecule has 0 unspecified atom stereocenters. The molecule has 0 radical (unpaired) electrons. The third-order valence-electron chi connectivity index (χ3n) is 3.95. The summed E-state index contributed by atoms with van der Waals surface area (Å²) >= 11 is 0. The van der Waals surface area contributed by atoms with Crippen molar-refractivity contribution in [1.82, 2.24) is 5.32 Å². The van der Waals surface area contributed by atoms with Crippen LogP contribution in [0.3, 0.4) is 0 Å². The largest absolute Gasteiger partial charge is 0.494 e. The van der Waals surface area contributed by atoms with Crippen molar-refractivity contribution in [2.75, 3.05) is 20.3 Å². The highest BCUT2D eigenvalue weighted by molar-refractivity contribution is 5.29. The summed E-state index contributed by atoms with van der Waals surface area (Å²) in [7, 11) is 1.47. The van der Waals surface area contributed by atoms with E-state index >= 15 is 0 Å². The molecule has 0 atom stereocenters. The highest BCUT2D eigenvalue weighted by Crippen LogP contribution is 2.20. The Morgan fingerprint density at radius 3 is 2.76 bits per heavy atom. The quantitative estimate of drug-likeness (QED) is 0.742. The highest BCUT2D eigenvalue weighted by Gasteiger charge is 2.12. The Morgan fingerprint density at radius 2 is 2.05 bits per heavy atom. The van der Waals surface area contributed by atoms with Crippen LogP contribution in [0.1, 0.15) is 44.1 Å². The van der Waals surface area contributed by atoms with Gasteiger partial charge >= 0.3 is 0 Å². The molecule has 118 valence electrons. The van der Waals surface area contributed by atoms with Gasteiger partial charge in [0.25, 0.3) is 0 Å². The summed E-state index contributed by atoms with van der Waals surface area (Å²) in [5, 5.41) is 3.32. The Morgan fingerprint density at radius 1 is 1.24 bits per heavy atom. The van der Waals surface area contributed by atoms with Gasteiger partial charge in [0.05, 0.1) is 13.2 Å². The van der Waals surface area contributed by atoms with Gasteiger partial charge in [0.1, 0.15) is 0 Å². The summed E-state index contributed by atoms with van der Waals surface area (Å²) in [4.78, 5) is 0. The topological polar surface area (TPSA) is 30.5 Å². The summed E-state index contributed by atoms with van der Waals surface area (Å²) in [5.41, 5.74) is 0.932. The average Bonchev–Trinajstić information content (AvgIpc) is 2.52. The lowest BCUT2D eigenvalue weighted by molar-refractivity contribution is 0.0273. The van der Waals surface area contributed by atoms with Crippen LogP contribution in [0.4, 0.5) is 4.39 Å². The first-order chi connectivity index (χ1) is 10.3. The summed E-state index contributed by atoms with van der Waals surface area (Å²) in [6.45, 7) is 2.37. The first-order valence-corrected chi connectivity index (χ1v) is 7.94. The monoisotopic (exact) mass is 295 g/mol. The third-order valence-corrected chi connectivity index (χ3v) is 3.95. The van der Waals surface area contributed by atoms with Gasteiger partial charge in [-0.05, 0) is 43.5 Å². The minimum atomic E-state index is -0.308. The second kappa shape index (κ2) is 9.00. The van der Waals surface area contributed by atoms with Gasteiger partial charge in [-0.3, -0.25) is 0 Å². The number of hydrogen-bond acceptors (Lipinski definition) is 3. The number of methoxy groups -OCH3 is 1. The Bertz CT molecular complexity index is 419. The van der Waals surface area contributed by atoms with Crippen LogP contribution in [-0.4, -0.2) is 26.4 Å². The molecule has 4 heteroatoms. The van der Waals surface area contributed by atoms with Crippen molar-refractivity contribution in [3.8, 4) is 5.75 Å². The Balaban J connectivity index is 1.56. The predicted octanol–water partition coefficient (Wildman–Crippen LogP) is 3.66. The number of halogens is 1. The van der Waals surface area contributed by atoms with Gasteiger partial charge in [-0.15, -0.1) is 0 Å². The summed E-state index contributed by atoms with van der Waals surface area (Å²) in [6.07, 6.45) is 7.90. The highest BCUT2D eigenvalue weighted by atomic mass is 19.1. The fraction of sp³-hybridized carbons (Fsp3) is 0.647. The zero-order valence-electron chi connectivity index (χ0n) is 12.9. The second-order valence-corrected chi connectivity index (χ2v) is 5.63. The van der Waals surface area contributed by atoms with Gasteiger partial charge in [0, 0.05) is 13.2 Å². The molecule has 0 amide bonds. The predicted molar refractivity (Wildman–Crippen MR) is 82.1 cm³/mol. The molecule has 1 saturated carbocycles. The van der Waals surface area contributed by atoms with Crippen LogP contribution in [0.2, 0.25) is 0 Å². The van der Waals surface area contributed by atoms with Gasteiger partial charge in [-0.1, -0.05) is 25.3 Å². The van der Waals surface area contributed by atoms with E-state index in [1.807, 2.05) is 6.07 Å². The number of ether oxygens (including phenoxy) is 2. The fourth-order valence-corrected chi connectivity index (χ4v) is 2.73. The molecule has 21 heavy (non-hydrogen) atoms. The van der Waals surface area contributed by atoms with Crippen LogP contribution in [-0.2, 0) is 11.3 Å². The van der Waals surface area contributed by atoms with Gasteiger partial charge in [0.15, 0.2) is 11.6 Å². The van der Waals surface area contributed by atoms with E-state index in [0.29, 0.717) is 18.4 Å². The molecule has 0 saturated heterocycles. The first-order valence-electron chi connectivity index (χ1n) is 7.94. The molecule has 3 nitrogen and oxygen atoms in total. The van der Waals surface area contributed by atoms with Gasteiger partial charge in [-0.25, -0.2) is 4.39 Å². The molecule has 1 aliphatic carbocycles. The maximum Gasteiger partial charge on any atom is 0.165 e. The minimum Gasteiger partial charge on any atom is -0.494 e. The van der Waals surface area contributed by atoms with Crippen LogP contribution in [0.15, 0.2) is 18.2 Å². The molecule has 0 heterocycles. The second-order valence-electron chi connectivity index (χ2n) is 5.63. The van der Waals surface area contributed by atoms with E-state index in [9.17, 15) is 4.39 Å². The van der Waals surface area contributed by atoms with Crippen LogP contribution in [0.5, 0.6) is 5.75 Å². The van der Waals surface area contributed by atoms with E-state index in [4.69, 9.17) is 9.47 Å². The molecule has 1 aromatic rings. The van der Waals surface area contributed by atoms with Crippen LogP contribution in [0.25, 0.3) is 0 Å². The van der Waals surface area contributed by atoms with Crippen LogP contribution < -0.4 is 10.1 Å². The molecule has 1 aliphatic rings. The molecular weight excluding hydrogens is 269 g/mol. The van der Waals surface area contributed by atoms with Crippen molar-refractivity contribution in [2.24, 2.45) is 0 Å². The molecule has 1 N–H and O–H groups in total. The number of nitrogens with one attached hydrogen (secondary N) is 1. The molecule has 1 fully saturated rings. The zero-order chi connectivity index (χ0) is 14.9. The van der Waals surface area contributed by atoms with E-state index in [1.165, 1.54) is 45.3 Å². The smallest absolute Gasteiger partial charge is 0.165 e. The summed E-state index contributed by atoms with van der Waals surface area (Å²) < 4.78 is 24.3. The fourth-order valence-electron chi connectivity index (χ4n) is 2.73. The van der Waals surface area contributed by atoms with E-state index in [1.54, 1.807) is 6.07 Å². The molecule has 0 spiro atoms. The standard InChI is InChI=1S/C17H26FNO2/c1-20-17-9-8-14(12-16(17)18)13-19-10-5-11-21-15-6-3-2-4-7-15/h8-9,12,15,19H,2-7,10-11,13H2,1H3. The number of benzene rings is 1. The Kier molecular flexibility index (Phi) is 6.96. The van der Waals surface area contributed by atoms with E-state index < -0.39 is 0 Å². The summed E-state index contributed by atoms with van der Waals surface area (Å²) in [6, 6.07) is 5.07. The molecule has 1 aromatic carbocycles. The SMILES string of the molecule is COc1ccc(CNCCCOC2CCCCC2)cc1F. The van der Waals surface area contributed by atoms with Crippen molar-refractivity contribution in [1.29, 1.82) is 0 Å². The van der Waals surface area contributed by atoms with Gasteiger partial charge < -0.3 is 14.8 Å². The van der Waals surface area contributed by atoms with Gasteiger partial charge in [0.2, 0.25) is 0 Å². The average molecular weight is 295 g/mol. The Labute approximate surface area is 126 Å². The molecule has 2 rings (SSSR count). The van der Waals surface area contributed by atoms with Crippen molar-refractivity contribution in [2.45, 2.75) is 51.2 Å². The number of rotatable bonds is 8. The van der Waals surface area contributed by atoms with Gasteiger partial charge in [-0.2, -0.15) is 0 Å². The molecule has 0 aliphatic heterocycles. The van der Waals surface area contributed by atoms with E-state index in [2.05, 4.69) is 5.32 Å². The van der Waals surface area contributed by atoms with Crippen molar-refractivity contribution >= 4 is 0 Å². The van der Waals surface area contributed by atoms with Crippen LogP contribution in [0, 0.1) is 5.82 Å². The summed E-state index contributed by atoms with van der Waals surface area (Å²) in [5.74, 6) is -0.0166. The normalized spacial score (nSPS) is 16.1. The third kappa shape index (κ3) is 5.64. The lowest BCUT2D eigenvalue weighted by atomic mass is 9.98. The van der Waals surface area contributed by atoms with E-state index in [-0.39, 0.29) is 5.82 Å². The maximum absolute atomic E-state index is 13.5. The maximum atomic E-state index is 13.5. The van der Waals surface area contributed by atoms with Crippen molar-refractivity contribution < 1.29 is 13.9 Å². The molecule has 0 bridgehead atoms. The first kappa shape index (κ1) is 16.2.